The molecule has 0 N–H and O–H groups in total. The summed E-state index contributed by atoms with van der Waals surface area (Å²) in [5, 5.41) is 0.405. The normalized spacial score (nSPS) is 17.9. The summed E-state index contributed by atoms with van der Waals surface area (Å²) in [6.45, 7) is 2.35. The van der Waals surface area contributed by atoms with Gasteiger partial charge in [0.25, 0.3) is 0 Å². The lowest BCUT2D eigenvalue weighted by Crippen LogP contribution is -2.36. The maximum atomic E-state index is 12.6. The Morgan fingerprint density at radius 3 is 2.83 bits per heavy atom. The van der Waals surface area contributed by atoms with E-state index in [0.29, 0.717) is 24.8 Å². The van der Waals surface area contributed by atoms with Crippen LogP contribution in [0.3, 0.4) is 0 Å². The summed E-state index contributed by atoms with van der Waals surface area (Å²) >= 11 is 6.03. The van der Waals surface area contributed by atoms with Crippen LogP contribution in [0.4, 0.5) is 0 Å². The van der Waals surface area contributed by atoms with Crippen LogP contribution >= 0.6 is 11.6 Å². The third kappa shape index (κ3) is 4.65. The zero-order valence-electron chi connectivity index (χ0n) is 13.8. The van der Waals surface area contributed by atoms with E-state index in [4.69, 9.17) is 11.6 Å². The Bertz CT molecular complexity index is 579. The van der Waals surface area contributed by atoms with Crippen LogP contribution in [0.25, 0.3) is 0 Å². The van der Waals surface area contributed by atoms with Crippen molar-refractivity contribution in [2.24, 2.45) is 5.92 Å². The van der Waals surface area contributed by atoms with Gasteiger partial charge in [0.1, 0.15) is 5.15 Å². The predicted molar refractivity (Wildman–Crippen MR) is 89.0 cm³/mol. The Labute approximate surface area is 142 Å². The number of likely N-dealkylation sites (tertiary alicyclic amines) is 1. The van der Waals surface area contributed by atoms with Crippen molar-refractivity contribution in [1.29, 1.82) is 0 Å². The summed E-state index contributed by atoms with van der Waals surface area (Å²) in [4.78, 5) is 34.0. The number of carbonyl (C=O) groups is 2. The Hall–Kier alpha value is -1.66. The Balaban J connectivity index is 1.93. The molecule has 2 rings (SSSR count). The highest BCUT2D eigenvalue weighted by Crippen LogP contribution is 2.21. The molecule has 0 aliphatic carbocycles. The molecule has 0 bridgehead atoms. The maximum Gasteiger partial charge on any atom is 0.228 e. The molecular formula is C16H23ClN4O2. The van der Waals surface area contributed by atoms with E-state index in [0.717, 1.165) is 12.1 Å². The second-order valence-corrected chi connectivity index (χ2v) is 6.55. The lowest BCUT2D eigenvalue weighted by molar-refractivity contribution is -0.135. The molecule has 0 saturated carbocycles. The number of halogens is 1. The van der Waals surface area contributed by atoms with E-state index in [9.17, 15) is 9.59 Å². The van der Waals surface area contributed by atoms with Gasteiger partial charge in [-0.15, -0.1) is 0 Å². The van der Waals surface area contributed by atoms with Gasteiger partial charge in [-0.1, -0.05) is 17.7 Å². The van der Waals surface area contributed by atoms with Crippen LogP contribution in [0.15, 0.2) is 18.3 Å². The Kier molecular flexibility index (Phi) is 5.96. The zero-order chi connectivity index (χ0) is 17.0. The van der Waals surface area contributed by atoms with E-state index >= 15 is 0 Å². The molecule has 1 aliphatic heterocycles. The average molecular weight is 339 g/mol. The number of pyridine rings is 1. The first-order valence-electron chi connectivity index (χ1n) is 7.65. The summed E-state index contributed by atoms with van der Waals surface area (Å²) < 4.78 is 0. The molecule has 1 aromatic rings. The van der Waals surface area contributed by atoms with Crippen LogP contribution in [0, 0.1) is 5.92 Å². The van der Waals surface area contributed by atoms with Gasteiger partial charge in [0.2, 0.25) is 11.8 Å². The topological polar surface area (TPSA) is 56.8 Å². The fourth-order valence-corrected chi connectivity index (χ4v) is 2.84. The fourth-order valence-electron chi connectivity index (χ4n) is 2.66. The van der Waals surface area contributed by atoms with Gasteiger partial charge in [-0.3, -0.25) is 9.59 Å². The molecule has 1 aromatic heterocycles. The number of hydrogen-bond donors (Lipinski definition) is 0. The minimum Gasteiger partial charge on any atom is -0.341 e. The summed E-state index contributed by atoms with van der Waals surface area (Å²) in [6, 6.07) is 3.64. The van der Waals surface area contributed by atoms with E-state index in [1.165, 1.54) is 0 Å². The highest BCUT2D eigenvalue weighted by atomic mass is 35.5. The Morgan fingerprint density at radius 2 is 2.17 bits per heavy atom. The molecule has 23 heavy (non-hydrogen) atoms. The summed E-state index contributed by atoms with van der Waals surface area (Å²) in [5.41, 5.74) is 0.804. The van der Waals surface area contributed by atoms with Gasteiger partial charge in [0.15, 0.2) is 0 Å². The van der Waals surface area contributed by atoms with Gasteiger partial charge in [0.05, 0.1) is 5.92 Å². The SMILES string of the molecule is CN(C)CCN1C[C@H](C(=O)N(C)Cc2cccnc2Cl)CC1=O. The summed E-state index contributed by atoms with van der Waals surface area (Å²) in [5.74, 6) is -0.242. The molecule has 126 valence electrons. The van der Waals surface area contributed by atoms with Crippen molar-refractivity contribution in [2.45, 2.75) is 13.0 Å². The minimum atomic E-state index is -0.273. The maximum absolute atomic E-state index is 12.6. The van der Waals surface area contributed by atoms with Crippen LogP contribution < -0.4 is 0 Å². The van der Waals surface area contributed by atoms with Crippen molar-refractivity contribution in [3.8, 4) is 0 Å². The third-order valence-corrected chi connectivity index (χ3v) is 4.34. The highest BCUT2D eigenvalue weighted by Gasteiger charge is 2.35. The number of rotatable bonds is 6. The lowest BCUT2D eigenvalue weighted by Gasteiger charge is -2.22. The molecule has 0 radical (unpaired) electrons. The van der Waals surface area contributed by atoms with E-state index in [1.54, 1.807) is 29.1 Å². The molecule has 1 atom stereocenters. The smallest absolute Gasteiger partial charge is 0.228 e. The molecule has 7 heteroatoms. The highest BCUT2D eigenvalue weighted by molar-refractivity contribution is 6.30. The van der Waals surface area contributed by atoms with Gasteiger partial charge in [-0.25, -0.2) is 4.98 Å². The monoisotopic (exact) mass is 338 g/mol. The quantitative estimate of drug-likeness (QED) is 0.729. The molecular weight excluding hydrogens is 316 g/mol. The van der Waals surface area contributed by atoms with Crippen LogP contribution in [0.1, 0.15) is 12.0 Å². The number of amides is 2. The number of nitrogens with zero attached hydrogens (tertiary/aromatic N) is 4. The van der Waals surface area contributed by atoms with Crippen molar-refractivity contribution in [3.63, 3.8) is 0 Å². The van der Waals surface area contributed by atoms with Crippen molar-refractivity contribution >= 4 is 23.4 Å². The second kappa shape index (κ2) is 7.75. The molecule has 1 fully saturated rings. The average Bonchev–Trinajstić information content (AvgIpc) is 2.87. The van der Waals surface area contributed by atoms with Crippen molar-refractivity contribution in [1.82, 2.24) is 19.7 Å². The first-order chi connectivity index (χ1) is 10.9. The van der Waals surface area contributed by atoms with Crippen LogP contribution in [0.2, 0.25) is 5.15 Å². The van der Waals surface area contributed by atoms with Crippen LogP contribution in [-0.2, 0) is 16.1 Å². The predicted octanol–water partition coefficient (Wildman–Crippen LogP) is 1.10. The first-order valence-corrected chi connectivity index (χ1v) is 8.03. The number of hydrogen-bond acceptors (Lipinski definition) is 4. The lowest BCUT2D eigenvalue weighted by atomic mass is 10.1. The number of carbonyl (C=O) groups excluding carboxylic acids is 2. The van der Waals surface area contributed by atoms with Gasteiger partial charge >= 0.3 is 0 Å². The van der Waals surface area contributed by atoms with Crippen LogP contribution in [-0.4, -0.2) is 72.3 Å². The third-order valence-electron chi connectivity index (χ3n) is 4.00. The molecule has 0 unspecified atom stereocenters. The first kappa shape index (κ1) is 17.7. The van der Waals surface area contributed by atoms with Gasteiger partial charge < -0.3 is 14.7 Å². The van der Waals surface area contributed by atoms with E-state index in [-0.39, 0.29) is 24.2 Å². The standard InChI is InChI=1S/C16H23ClN4O2/c1-19(2)7-8-21-11-13(9-14(21)22)16(23)20(3)10-12-5-4-6-18-15(12)17/h4-6,13H,7-11H2,1-3H3/t13-/m1/s1. The van der Waals surface area contributed by atoms with Crippen molar-refractivity contribution in [2.75, 3.05) is 40.8 Å². The van der Waals surface area contributed by atoms with E-state index < -0.39 is 0 Å². The molecule has 1 aliphatic rings. The van der Waals surface area contributed by atoms with E-state index in [1.807, 2.05) is 25.1 Å². The summed E-state index contributed by atoms with van der Waals surface area (Å²) in [7, 11) is 5.67. The van der Waals surface area contributed by atoms with Crippen LogP contribution in [0.5, 0.6) is 0 Å². The molecule has 1 saturated heterocycles. The molecule has 2 amide bonds. The van der Waals surface area contributed by atoms with Gasteiger partial charge in [0, 0.05) is 51.4 Å². The second-order valence-electron chi connectivity index (χ2n) is 6.19. The Morgan fingerprint density at radius 1 is 1.43 bits per heavy atom. The molecule has 6 nitrogen and oxygen atoms in total. The largest absolute Gasteiger partial charge is 0.341 e. The zero-order valence-corrected chi connectivity index (χ0v) is 14.6. The molecule has 0 spiro atoms. The van der Waals surface area contributed by atoms with Gasteiger partial charge in [-0.05, 0) is 20.2 Å². The van der Waals surface area contributed by atoms with E-state index in [2.05, 4.69) is 4.98 Å². The molecule has 2 heterocycles. The minimum absolute atomic E-state index is 0.0226. The molecule has 0 aromatic carbocycles. The van der Waals surface area contributed by atoms with Crippen molar-refractivity contribution < 1.29 is 9.59 Å². The fraction of sp³-hybridized carbons (Fsp3) is 0.562. The van der Waals surface area contributed by atoms with Crippen molar-refractivity contribution in [3.05, 3.63) is 29.0 Å². The summed E-state index contributed by atoms with van der Waals surface area (Å²) in [6.07, 6.45) is 1.91. The number of aromatic nitrogens is 1. The van der Waals surface area contributed by atoms with Gasteiger partial charge in [-0.2, -0.15) is 0 Å². The number of likely N-dealkylation sites (N-methyl/N-ethyl adjacent to an activating group) is 1.